The number of hydrogen-bond donors (Lipinski definition) is 0. The largest absolute Gasteiger partial charge is 0.384 e. The lowest BCUT2D eigenvalue weighted by atomic mass is 9.99. The third-order valence-electron chi connectivity index (χ3n) is 5.27. The molecule has 4 heterocycles. The molecular formula is C18H25N5O3. The molecule has 8 heteroatoms. The van der Waals surface area contributed by atoms with E-state index in [-0.39, 0.29) is 11.9 Å². The van der Waals surface area contributed by atoms with E-state index in [1.807, 2.05) is 9.58 Å². The van der Waals surface area contributed by atoms with Gasteiger partial charge in [-0.2, -0.15) is 10.1 Å². The second-order valence-electron chi connectivity index (χ2n) is 6.99. The molecule has 140 valence electrons. The highest BCUT2D eigenvalue weighted by Crippen LogP contribution is 2.32. The van der Waals surface area contributed by atoms with Gasteiger partial charge < -0.3 is 14.2 Å². The minimum absolute atomic E-state index is 0.0366. The number of aryl methyl sites for hydroxylation is 1. The van der Waals surface area contributed by atoms with Gasteiger partial charge in [0.25, 0.3) is 5.91 Å². The van der Waals surface area contributed by atoms with Crippen LogP contribution in [0.5, 0.6) is 0 Å². The summed E-state index contributed by atoms with van der Waals surface area (Å²) in [7, 11) is 1.65. The summed E-state index contributed by atoms with van der Waals surface area (Å²) < 4.78 is 12.5. The van der Waals surface area contributed by atoms with Gasteiger partial charge in [0.1, 0.15) is 6.04 Å². The zero-order chi connectivity index (χ0) is 17.9. The van der Waals surface area contributed by atoms with Gasteiger partial charge >= 0.3 is 0 Å². The Morgan fingerprint density at radius 3 is 3.08 bits per heavy atom. The quantitative estimate of drug-likeness (QED) is 0.813. The highest BCUT2D eigenvalue weighted by atomic mass is 16.5. The zero-order valence-corrected chi connectivity index (χ0v) is 15.2. The number of hydrogen-bond acceptors (Lipinski definition) is 6. The van der Waals surface area contributed by atoms with Crippen LogP contribution in [-0.2, 0) is 24.1 Å². The molecule has 0 bridgehead atoms. The number of carbonyl (C=O) groups is 1. The van der Waals surface area contributed by atoms with E-state index in [9.17, 15) is 4.79 Å². The molecule has 26 heavy (non-hydrogen) atoms. The summed E-state index contributed by atoms with van der Waals surface area (Å²) >= 11 is 0. The van der Waals surface area contributed by atoms with E-state index in [0.717, 1.165) is 56.3 Å². The van der Waals surface area contributed by atoms with Gasteiger partial charge in [0.2, 0.25) is 5.89 Å². The van der Waals surface area contributed by atoms with Crippen LogP contribution in [0, 0.1) is 0 Å². The lowest BCUT2D eigenvalue weighted by Crippen LogP contribution is -2.39. The Kier molecular flexibility index (Phi) is 5.01. The van der Waals surface area contributed by atoms with Gasteiger partial charge in [-0.25, -0.2) is 0 Å². The average molecular weight is 359 g/mol. The van der Waals surface area contributed by atoms with Crippen molar-refractivity contribution >= 4 is 5.91 Å². The highest BCUT2D eigenvalue weighted by molar-refractivity contribution is 5.95. The lowest BCUT2D eigenvalue weighted by molar-refractivity contribution is 0.0559. The van der Waals surface area contributed by atoms with Crippen LogP contribution in [-0.4, -0.2) is 51.0 Å². The van der Waals surface area contributed by atoms with Crippen LogP contribution >= 0.6 is 0 Å². The predicted octanol–water partition coefficient (Wildman–Crippen LogP) is 2.16. The van der Waals surface area contributed by atoms with Crippen LogP contribution in [0.4, 0.5) is 0 Å². The molecular weight excluding hydrogens is 334 g/mol. The maximum Gasteiger partial charge on any atom is 0.258 e. The molecule has 0 N–H and O–H groups in total. The number of aromatic nitrogens is 4. The van der Waals surface area contributed by atoms with Crippen LogP contribution < -0.4 is 0 Å². The van der Waals surface area contributed by atoms with Crippen molar-refractivity contribution in [2.24, 2.45) is 0 Å². The van der Waals surface area contributed by atoms with Crippen molar-refractivity contribution in [3.05, 3.63) is 29.2 Å². The lowest BCUT2D eigenvalue weighted by Gasteiger charge is -2.33. The van der Waals surface area contributed by atoms with Crippen LogP contribution in [0.15, 0.2) is 10.7 Å². The average Bonchev–Trinajstić information content (AvgIpc) is 3.33. The second-order valence-corrected chi connectivity index (χ2v) is 6.99. The van der Waals surface area contributed by atoms with Crippen molar-refractivity contribution in [2.75, 3.05) is 20.3 Å². The van der Waals surface area contributed by atoms with Gasteiger partial charge in [0.05, 0.1) is 24.1 Å². The summed E-state index contributed by atoms with van der Waals surface area (Å²) in [6, 6.07) is -0.154. The minimum atomic E-state index is -0.154. The maximum absolute atomic E-state index is 13.3. The summed E-state index contributed by atoms with van der Waals surface area (Å²) in [5.41, 5.74) is 1.80. The molecule has 2 aliphatic rings. The Morgan fingerprint density at radius 2 is 2.19 bits per heavy atom. The first kappa shape index (κ1) is 17.2. The molecule has 4 rings (SSSR count). The van der Waals surface area contributed by atoms with Crippen molar-refractivity contribution < 1.29 is 14.1 Å². The first-order valence-electron chi connectivity index (χ1n) is 9.45. The van der Waals surface area contributed by atoms with Crippen LogP contribution in [0.3, 0.4) is 0 Å². The number of methoxy groups -OCH3 is 1. The van der Waals surface area contributed by atoms with Crippen molar-refractivity contribution in [3.63, 3.8) is 0 Å². The third-order valence-corrected chi connectivity index (χ3v) is 5.27. The highest BCUT2D eigenvalue weighted by Gasteiger charge is 2.34. The fraction of sp³-hybridized carbons (Fsp3) is 0.667. The number of rotatable bonds is 5. The minimum Gasteiger partial charge on any atom is -0.384 e. The van der Waals surface area contributed by atoms with Gasteiger partial charge in [0, 0.05) is 26.6 Å². The van der Waals surface area contributed by atoms with E-state index >= 15 is 0 Å². The summed E-state index contributed by atoms with van der Waals surface area (Å²) in [6.45, 7) is 2.16. The van der Waals surface area contributed by atoms with Gasteiger partial charge in [0.15, 0.2) is 5.82 Å². The first-order valence-corrected chi connectivity index (χ1v) is 9.45. The van der Waals surface area contributed by atoms with Gasteiger partial charge in [-0.05, 0) is 38.5 Å². The number of nitrogens with zero attached hydrogens (tertiary/aromatic N) is 5. The number of likely N-dealkylation sites (tertiary alicyclic amines) is 1. The van der Waals surface area contributed by atoms with Gasteiger partial charge in [-0.15, -0.1) is 0 Å². The molecule has 8 nitrogen and oxygen atoms in total. The van der Waals surface area contributed by atoms with Gasteiger partial charge in [-0.1, -0.05) is 5.16 Å². The summed E-state index contributed by atoms with van der Waals surface area (Å²) in [6.07, 6.45) is 8.39. The maximum atomic E-state index is 13.3. The topological polar surface area (TPSA) is 86.3 Å². The van der Waals surface area contributed by atoms with E-state index in [4.69, 9.17) is 9.26 Å². The second kappa shape index (κ2) is 7.57. The molecule has 0 unspecified atom stereocenters. The molecule has 0 spiro atoms. The van der Waals surface area contributed by atoms with E-state index in [1.54, 1.807) is 13.3 Å². The zero-order valence-electron chi connectivity index (χ0n) is 15.2. The molecule has 2 aromatic heterocycles. The van der Waals surface area contributed by atoms with E-state index < -0.39 is 0 Å². The van der Waals surface area contributed by atoms with Crippen molar-refractivity contribution in [1.29, 1.82) is 0 Å². The summed E-state index contributed by atoms with van der Waals surface area (Å²) in [5.74, 6) is 1.20. The number of piperidine rings is 1. The van der Waals surface area contributed by atoms with Crippen molar-refractivity contribution in [1.82, 2.24) is 24.8 Å². The van der Waals surface area contributed by atoms with E-state index in [2.05, 4.69) is 15.2 Å². The Balaban J connectivity index is 1.56. The molecule has 2 aliphatic heterocycles. The molecule has 1 saturated heterocycles. The molecule has 0 saturated carbocycles. The number of carbonyl (C=O) groups excluding carboxylic acids is 1. The molecule has 2 aromatic rings. The normalized spacial score (nSPS) is 20.2. The summed E-state index contributed by atoms with van der Waals surface area (Å²) in [5, 5.41) is 8.45. The SMILES string of the molecule is COCCc1noc([C@@H]2CCCCN2C(=O)c2cnn3c2CCCC3)n1. The smallest absolute Gasteiger partial charge is 0.258 e. The Bertz CT molecular complexity index is 769. The number of ether oxygens (including phenoxy) is 1. The monoisotopic (exact) mass is 359 g/mol. The Hall–Kier alpha value is -2.22. The van der Waals surface area contributed by atoms with Crippen LogP contribution in [0.1, 0.15) is 65.9 Å². The number of fused-ring (bicyclic) bond motifs is 1. The fourth-order valence-corrected chi connectivity index (χ4v) is 3.88. The van der Waals surface area contributed by atoms with Gasteiger partial charge in [-0.3, -0.25) is 9.48 Å². The Labute approximate surface area is 152 Å². The molecule has 1 atom stereocenters. The molecule has 0 aromatic carbocycles. The molecule has 0 aliphatic carbocycles. The summed E-state index contributed by atoms with van der Waals surface area (Å²) in [4.78, 5) is 19.7. The first-order chi connectivity index (χ1) is 12.8. The fourth-order valence-electron chi connectivity index (χ4n) is 3.88. The van der Waals surface area contributed by atoms with Crippen molar-refractivity contribution in [3.8, 4) is 0 Å². The van der Waals surface area contributed by atoms with E-state index in [0.29, 0.717) is 31.3 Å². The standard InChI is InChI=1S/C18H25N5O3/c1-25-11-8-16-20-17(26-21-16)15-7-2-4-9-22(15)18(24)13-12-19-23-10-5-3-6-14(13)23/h12,15H,2-11H2,1H3/t15-/m0/s1. The predicted molar refractivity (Wildman–Crippen MR) is 92.7 cm³/mol. The third kappa shape index (κ3) is 3.25. The van der Waals surface area contributed by atoms with Crippen molar-refractivity contribution in [2.45, 2.75) is 57.5 Å². The van der Waals surface area contributed by atoms with Crippen LogP contribution in [0.2, 0.25) is 0 Å². The van der Waals surface area contributed by atoms with E-state index in [1.165, 1.54) is 0 Å². The Morgan fingerprint density at radius 1 is 1.31 bits per heavy atom. The number of amides is 1. The van der Waals surface area contributed by atoms with Crippen LogP contribution in [0.25, 0.3) is 0 Å². The molecule has 0 radical (unpaired) electrons. The molecule has 1 fully saturated rings. The molecule has 1 amide bonds.